The minimum absolute atomic E-state index is 0.262. The third-order valence-electron chi connectivity index (χ3n) is 3.16. The van der Waals surface area contributed by atoms with Crippen LogP contribution in [0.15, 0.2) is 48.5 Å². The van der Waals surface area contributed by atoms with Crippen molar-refractivity contribution in [2.24, 2.45) is 0 Å². The highest BCUT2D eigenvalue weighted by molar-refractivity contribution is 5.89. The predicted molar refractivity (Wildman–Crippen MR) is 91.3 cm³/mol. The highest BCUT2D eigenvalue weighted by atomic mass is 16.5. The van der Waals surface area contributed by atoms with Crippen molar-refractivity contribution < 1.29 is 14.3 Å². The van der Waals surface area contributed by atoms with Gasteiger partial charge in [0, 0.05) is 5.69 Å². The van der Waals surface area contributed by atoms with Gasteiger partial charge < -0.3 is 20.1 Å². The van der Waals surface area contributed by atoms with Crippen LogP contribution in [0, 0.1) is 6.92 Å². The molecule has 0 aliphatic heterocycles. The maximum absolute atomic E-state index is 11.8. The Morgan fingerprint density at radius 2 is 1.78 bits per heavy atom. The molecule has 0 bridgehead atoms. The van der Waals surface area contributed by atoms with Crippen molar-refractivity contribution in [2.45, 2.75) is 13.8 Å². The van der Waals surface area contributed by atoms with Gasteiger partial charge in [0.2, 0.25) is 0 Å². The van der Waals surface area contributed by atoms with Crippen LogP contribution in [0.25, 0.3) is 0 Å². The zero-order valence-electron chi connectivity index (χ0n) is 13.5. The molecule has 0 aliphatic rings. The van der Waals surface area contributed by atoms with Crippen LogP contribution in [-0.4, -0.2) is 25.8 Å². The lowest BCUT2D eigenvalue weighted by atomic mass is 10.2. The Labute approximate surface area is 136 Å². The average molecular weight is 314 g/mol. The summed E-state index contributed by atoms with van der Waals surface area (Å²) in [5.41, 5.74) is 1.79. The molecule has 0 heterocycles. The lowest BCUT2D eigenvalue weighted by Crippen LogP contribution is -2.32. The Morgan fingerprint density at radius 3 is 2.48 bits per heavy atom. The minimum Gasteiger partial charge on any atom is -0.494 e. The van der Waals surface area contributed by atoms with E-state index in [0.717, 1.165) is 17.1 Å². The molecular weight excluding hydrogens is 292 g/mol. The summed E-state index contributed by atoms with van der Waals surface area (Å²) in [6.07, 6.45) is 0. The molecule has 2 N–H and O–H groups in total. The smallest absolute Gasteiger partial charge is 0.319 e. The Bertz CT molecular complexity index is 626. The zero-order valence-corrected chi connectivity index (χ0v) is 13.5. The second kappa shape index (κ2) is 8.68. The van der Waals surface area contributed by atoms with Gasteiger partial charge in [-0.05, 0) is 49.7 Å². The fourth-order valence-corrected chi connectivity index (χ4v) is 2.02. The fraction of sp³-hybridized carbons (Fsp3) is 0.278. The van der Waals surface area contributed by atoms with Crippen LogP contribution < -0.4 is 20.1 Å². The molecule has 0 atom stereocenters. The Balaban J connectivity index is 1.70. The third-order valence-corrected chi connectivity index (χ3v) is 3.16. The maximum Gasteiger partial charge on any atom is 0.319 e. The van der Waals surface area contributed by atoms with Crippen LogP contribution in [0.4, 0.5) is 10.5 Å². The molecule has 0 radical (unpaired) electrons. The number of anilines is 1. The molecule has 0 aliphatic carbocycles. The molecule has 0 fully saturated rings. The number of aryl methyl sites for hydroxylation is 1. The van der Waals surface area contributed by atoms with Gasteiger partial charge in [-0.3, -0.25) is 0 Å². The van der Waals surface area contributed by atoms with E-state index < -0.39 is 0 Å². The van der Waals surface area contributed by atoms with Crippen LogP contribution in [0.2, 0.25) is 0 Å². The first-order chi connectivity index (χ1) is 11.2. The number of hydrogen-bond acceptors (Lipinski definition) is 3. The number of nitrogens with one attached hydrogen (secondary N) is 2. The first-order valence-electron chi connectivity index (χ1n) is 7.65. The number of carbonyl (C=O) groups excluding carboxylic acids is 1. The molecular formula is C18H22N2O3. The summed E-state index contributed by atoms with van der Waals surface area (Å²) < 4.78 is 11.0. The highest BCUT2D eigenvalue weighted by Crippen LogP contribution is 2.16. The summed E-state index contributed by atoms with van der Waals surface area (Å²) in [5.74, 6) is 1.62. The SMILES string of the molecule is CCOc1ccc(NC(=O)NCCOc2ccccc2C)cc1. The average Bonchev–Trinajstić information content (AvgIpc) is 2.55. The molecule has 0 saturated carbocycles. The molecule has 0 saturated heterocycles. The second-order valence-corrected chi connectivity index (χ2v) is 4.95. The summed E-state index contributed by atoms with van der Waals surface area (Å²) in [6.45, 7) is 5.38. The van der Waals surface area contributed by atoms with Crippen LogP contribution in [0.5, 0.6) is 11.5 Å². The van der Waals surface area contributed by atoms with E-state index in [9.17, 15) is 4.79 Å². The van der Waals surface area contributed by atoms with Gasteiger partial charge in [-0.25, -0.2) is 4.79 Å². The number of amides is 2. The van der Waals surface area contributed by atoms with Crippen molar-refractivity contribution in [1.29, 1.82) is 0 Å². The summed E-state index contributed by atoms with van der Waals surface area (Å²) in [7, 11) is 0. The van der Waals surface area contributed by atoms with Crippen LogP contribution >= 0.6 is 0 Å². The summed E-state index contributed by atoms with van der Waals surface area (Å²) in [4.78, 5) is 11.8. The van der Waals surface area contributed by atoms with Crippen molar-refractivity contribution in [3.63, 3.8) is 0 Å². The van der Waals surface area contributed by atoms with Crippen LogP contribution in [-0.2, 0) is 0 Å². The van der Waals surface area contributed by atoms with Crippen molar-refractivity contribution in [3.05, 3.63) is 54.1 Å². The first kappa shape index (κ1) is 16.7. The van der Waals surface area contributed by atoms with Gasteiger partial charge in [-0.2, -0.15) is 0 Å². The van der Waals surface area contributed by atoms with Crippen molar-refractivity contribution in [2.75, 3.05) is 25.1 Å². The standard InChI is InChI=1S/C18H22N2O3/c1-3-22-16-10-8-15(9-11-16)20-18(21)19-12-13-23-17-7-5-4-6-14(17)2/h4-11H,3,12-13H2,1-2H3,(H2,19,20,21). The van der Waals surface area contributed by atoms with E-state index in [1.54, 1.807) is 12.1 Å². The molecule has 0 unspecified atom stereocenters. The quantitative estimate of drug-likeness (QED) is 0.768. The lowest BCUT2D eigenvalue weighted by molar-refractivity contribution is 0.247. The largest absolute Gasteiger partial charge is 0.494 e. The van der Waals surface area contributed by atoms with Gasteiger partial charge in [0.25, 0.3) is 0 Å². The van der Waals surface area contributed by atoms with Crippen molar-refractivity contribution in [1.82, 2.24) is 5.32 Å². The number of ether oxygens (including phenoxy) is 2. The van der Waals surface area contributed by atoms with Gasteiger partial charge in [-0.15, -0.1) is 0 Å². The number of rotatable bonds is 7. The molecule has 2 aromatic carbocycles. The number of para-hydroxylation sites is 1. The highest BCUT2D eigenvalue weighted by Gasteiger charge is 2.02. The molecule has 23 heavy (non-hydrogen) atoms. The van der Waals surface area contributed by atoms with Crippen molar-refractivity contribution >= 4 is 11.7 Å². The van der Waals surface area contributed by atoms with Gasteiger partial charge in [-0.1, -0.05) is 18.2 Å². The number of carbonyl (C=O) groups is 1. The molecule has 0 aromatic heterocycles. The predicted octanol–water partition coefficient (Wildman–Crippen LogP) is 3.59. The van der Waals surface area contributed by atoms with E-state index in [4.69, 9.17) is 9.47 Å². The minimum atomic E-state index is -0.262. The lowest BCUT2D eigenvalue weighted by Gasteiger charge is -2.11. The number of benzene rings is 2. The second-order valence-electron chi connectivity index (χ2n) is 4.95. The maximum atomic E-state index is 11.8. The molecule has 122 valence electrons. The van der Waals surface area contributed by atoms with E-state index in [1.165, 1.54) is 0 Å². The van der Waals surface area contributed by atoms with Gasteiger partial charge in [0.1, 0.15) is 18.1 Å². The van der Waals surface area contributed by atoms with Crippen LogP contribution in [0.1, 0.15) is 12.5 Å². The first-order valence-corrected chi connectivity index (χ1v) is 7.65. The summed E-state index contributed by atoms with van der Waals surface area (Å²) in [6, 6.07) is 14.8. The van der Waals surface area contributed by atoms with E-state index in [1.807, 2.05) is 50.2 Å². The van der Waals surface area contributed by atoms with E-state index in [2.05, 4.69) is 10.6 Å². The molecule has 2 aromatic rings. The molecule has 5 nitrogen and oxygen atoms in total. The molecule has 2 amide bonds. The molecule has 0 spiro atoms. The monoisotopic (exact) mass is 314 g/mol. The van der Waals surface area contributed by atoms with E-state index in [0.29, 0.717) is 25.4 Å². The topological polar surface area (TPSA) is 59.6 Å². The van der Waals surface area contributed by atoms with Crippen LogP contribution in [0.3, 0.4) is 0 Å². The van der Waals surface area contributed by atoms with Gasteiger partial charge in [0.15, 0.2) is 0 Å². The van der Waals surface area contributed by atoms with Gasteiger partial charge in [0.05, 0.1) is 13.2 Å². The summed E-state index contributed by atoms with van der Waals surface area (Å²) >= 11 is 0. The third kappa shape index (κ3) is 5.54. The van der Waals surface area contributed by atoms with E-state index >= 15 is 0 Å². The molecule has 2 rings (SSSR count). The normalized spacial score (nSPS) is 10.0. The Kier molecular flexibility index (Phi) is 6.29. The van der Waals surface area contributed by atoms with E-state index in [-0.39, 0.29) is 6.03 Å². The zero-order chi connectivity index (χ0) is 16.5. The fourth-order valence-electron chi connectivity index (χ4n) is 2.02. The number of hydrogen-bond donors (Lipinski definition) is 2. The van der Waals surface area contributed by atoms with Gasteiger partial charge >= 0.3 is 6.03 Å². The summed E-state index contributed by atoms with van der Waals surface area (Å²) in [5, 5.41) is 5.51. The molecule has 5 heteroatoms. The van der Waals surface area contributed by atoms with Crippen molar-refractivity contribution in [3.8, 4) is 11.5 Å². The Hall–Kier alpha value is -2.69. The number of urea groups is 1. The Morgan fingerprint density at radius 1 is 1.04 bits per heavy atom.